The van der Waals surface area contributed by atoms with Crippen molar-refractivity contribution in [3.63, 3.8) is 0 Å². The molecule has 0 aromatic carbocycles. The van der Waals surface area contributed by atoms with Gasteiger partial charge in [-0.15, -0.1) is 5.10 Å². The first kappa shape index (κ1) is 19.3. The largest absolute Gasteiger partial charge is 0.397 e. The summed E-state index contributed by atoms with van der Waals surface area (Å²) in [5.74, 6) is 0. The van der Waals surface area contributed by atoms with Gasteiger partial charge in [-0.3, -0.25) is 14.9 Å². The number of anilines is 2. The Morgan fingerprint density at radius 3 is 2.72 bits per heavy atom. The molecule has 152 valence electrons. The van der Waals surface area contributed by atoms with Crippen LogP contribution >= 0.6 is 0 Å². The predicted octanol–water partition coefficient (Wildman–Crippen LogP) is 2.54. The highest BCUT2D eigenvalue weighted by atomic mass is 15.4. The van der Waals surface area contributed by atoms with Gasteiger partial charge in [0, 0.05) is 44.0 Å². The van der Waals surface area contributed by atoms with Gasteiger partial charge in [-0.25, -0.2) is 4.68 Å². The number of hydrogen-bond donors (Lipinski definition) is 1. The summed E-state index contributed by atoms with van der Waals surface area (Å²) in [6, 6.07) is 4.59. The molecule has 8 nitrogen and oxygen atoms in total. The summed E-state index contributed by atoms with van der Waals surface area (Å²) in [5.41, 5.74) is 11.0. The van der Waals surface area contributed by atoms with Crippen molar-refractivity contribution in [2.24, 2.45) is 0 Å². The van der Waals surface area contributed by atoms with Gasteiger partial charge >= 0.3 is 0 Å². The van der Waals surface area contributed by atoms with Crippen molar-refractivity contribution in [1.29, 1.82) is 0 Å². The standard InChI is InChI=1S/C21H28N8/c1-15(2)27-5-4-6-28(8-7-27)19-9-17(11-23-13-19)20-14-29(26-25-20)21-10-18(22)12-24-16(21)3/h9-15H,4-8,22H2,1-3H3. The van der Waals surface area contributed by atoms with Crippen LogP contribution < -0.4 is 10.6 Å². The Labute approximate surface area is 171 Å². The number of aryl methyl sites for hydroxylation is 1. The molecule has 0 amide bonds. The highest BCUT2D eigenvalue weighted by Gasteiger charge is 2.18. The fourth-order valence-electron chi connectivity index (χ4n) is 3.74. The zero-order valence-electron chi connectivity index (χ0n) is 17.3. The molecule has 1 aliphatic rings. The molecule has 3 aromatic heterocycles. The van der Waals surface area contributed by atoms with Crippen molar-refractivity contribution in [1.82, 2.24) is 29.9 Å². The maximum atomic E-state index is 5.88. The average molecular weight is 393 g/mol. The lowest BCUT2D eigenvalue weighted by Crippen LogP contribution is -2.35. The SMILES string of the molecule is Cc1ncc(N)cc1-n1cc(-c2cncc(N3CCCN(C(C)C)CC3)c2)nn1. The molecule has 8 heteroatoms. The molecule has 0 bridgehead atoms. The van der Waals surface area contributed by atoms with Gasteiger partial charge in [0.25, 0.3) is 0 Å². The quantitative estimate of drug-likeness (QED) is 0.730. The Morgan fingerprint density at radius 1 is 1.03 bits per heavy atom. The number of nitrogens with zero attached hydrogens (tertiary/aromatic N) is 7. The minimum absolute atomic E-state index is 0.583. The van der Waals surface area contributed by atoms with E-state index in [1.54, 1.807) is 10.9 Å². The van der Waals surface area contributed by atoms with Crippen LogP contribution in [0.3, 0.4) is 0 Å². The summed E-state index contributed by atoms with van der Waals surface area (Å²) in [7, 11) is 0. The third-order valence-electron chi connectivity index (χ3n) is 5.47. The Hall–Kier alpha value is -3.00. The minimum atomic E-state index is 0.583. The van der Waals surface area contributed by atoms with E-state index in [9.17, 15) is 0 Å². The molecule has 0 spiro atoms. The summed E-state index contributed by atoms with van der Waals surface area (Å²) in [6.07, 6.45) is 8.46. The number of hydrogen-bond acceptors (Lipinski definition) is 7. The Morgan fingerprint density at radius 2 is 1.90 bits per heavy atom. The van der Waals surface area contributed by atoms with Crippen molar-refractivity contribution >= 4 is 11.4 Å². The second-order valence-corrected chi connectivity index (χ2v) is 7.82. The summed E-state index contributed by atoms with van der Waals surface area (Å²) in [6.45, 7) is 10.7. The van der Waals surface area contributed by atoms with Crippen molar-refractivity contribution < 1.29 is 0 Å². The van der Waals surface area contributed by atoms with Crippen LogP contribution in [-0.2, 0) is 0 Å². The topological polar surface area (TPSA) is 89.0 Å². The molecule has 1 fully saturated rings. The normalized spacial score (nSPS) is 15.7. The monoisotopic (exact) mass is 392 g/mol. The van der Waals surface area contributed by atoms with Crippen LogP contribution in [0.15, 0.2) is 36.9 Å². The highest BCUT2D eigenvalue weighted by molar-refractivity contribution is 5.63. The van der Waals surface area contributed by atoms with Gasteiger partial charge in [-0.05, 0) is 39.3 Å². The van der Waals surface area contributed by atoms with E-state index in [1.807, 2.05) is 31.6 Å². The van der Waals surface area contributed by atoms with Gasteiger partial charge in [-0.2, -0.15) is 0 Å². The lowest BCUT2D eigenvalue weighted by atomic mass is 10.2. The van der Waals surface area contributed by atoms with Crippen molar-refractivity contribution in [2.45, 2.75) is 33.2 Å². The first-order valence-electron chi connectivity index (χ1n) is 10.1. The predicted molar refractivity (Wildman–Crippen MR) is 115 cm³/mol. The number of aromatic nitrogens is 5. The third kappa shape index (κ3) is 4.22. The van der Waals surface area contributed by atoms with Crippen LogP contribution in [0.25, 0.3) is 16.9 Å². The zero-order chi connectivity index (χ0) is 20.4. The van der Waals surface area contributed by atoms with Crippen LogP contribution in [0.1, 0.15) is 26.0 Å². The van der Waals surface area contributed by atoms with E-state index in [0.29, 0.717) is 11.7 Å². The summed E-state index contributed by atoms with van der Waals surface area (Å²) >= 11 is 0. The van der Waals surface area contributed by atoms with Gasteiger partial charge in [0.15, 0.2) is 0 Å². The first-order valence-corrected chi connectivity index (χ1v) is 10.1. The molecule has 2 N–H and O–H groups in total. The van der Waals surface area contributed by atoms with Crippen LogP contribution in [0, 0.1) is 6.92 Å². The molecule has 1 aliphatic heterocycles. The summed E-state index contributed by atoms with van der Waals surface area (Å²) < 4.78 is 1.72. The minimum Gasteiger partial charge on any atom is -0.397 e. The number of nitrogen functional groups attached to an aromatic ring is 1. The zero-order valence-corrected chi connectivity index (χ0v) is 17.3. The Balaban J connectivity index is 1.57. The molecular weight excluding hydrogens is 364 g/mol. The van der Waals surface area contributed by atoms with E-state index in [1.165, 1.54) is 0 Å². The van der Waals surface area contributed by atoms with Crippen LogP contribution in [0.2, 0.25) is 0 Å². The lowest BCUT2D eigenvalue weighted by Gasteiger charge is -2.25. The van der Waals surface area contributed by atoms with Crippen LogP contribution in [-0.4, -0.2) is 62.1 Å². The molecule has 0 atom stereocenters. The molecule has 0 saturated carbocycles. The summed E-state index contributed by atoms with van der Waals surface area (Å²) in [5, 5.41) is 8.63. The third-order valence-corrected chi connectivity index (χ3v) is 5.47. The van der Waals surface area contributed by atoms with Crippen LogP contribution in [0.5, 0.6) is 0 Å². The van der Waals surface area contributed by atoms with E-state index in [-0.39, 0.29) is 0 Å². The molecule has 4 heterocycles. The number of pyridine rings is 2. The van der Waals surface area contributed by atoms with Gasteiger partial charge in [0.1, 0.15) is 5.69 Å². The fourth-order valence-corrected chi connectivity index (χ4v) is 3.74. The molecule has 0 unspecified atom stereocenters. The molecule has 4 rings (SSSR count). The van der Waals surface area contributed by atoms with Gasteiger partial charge in [0.2, 0.25) is 0 Å². The Kier molecular flexibility index (Phi) is 5.44. The molecule has 0 radical (unpaired) electrons. The van der Waals surface area contributed by atoms with Gasteiger partial charge < -0.3 is 10.6 Å². The molecule has 3 aromatic rings. The van der Waals surface area contributed by atoms with Crippen molar-refractivity contribution in [2.75, 3.05) is 36.8 Å². The van der Waals surface area contributed by atoms with Crippen molar-refractivity contribution in [3.8, 4) is 16.9 Å². The van der Waals surface area contributed by atoms with E-state index < -0.39 is 0 Å². The van der Waals surface area contributed by atoms with Gasteiger partial charge in [-0.1, -0.05) is 5.21 Å². The second-order valence-electron chi connectivity index (χ2n) is 7.82. The van der Waals surface area contributed by atoms with E-state index in [4.69, 9.17) is 5.73 Å². The Bertz CT molecular complexity index is 980. The maximum Gasteiger partial charge on any atom is 0.115 e. The number of nitrogens with two attached hydrogens (primary N) is 1. The highest BCUT2D eigenvalue weighted by Crippen LogP contribution is 2.24. The fraction of sp³-hybridized carbons (Fsp3) is 0.429. The second kappa shape index (κ2) is 8.16. The lowest BCUT2D eigenvalue weighted by molar-refractivity contribution is 0.238. The van der Waals surface area contributed by atoms with Crippen molar-refractivity contribution in [3.05, 3.63) is 42.6 Å². The van der Waals surface area contributed by atoms with Crippen LogP contribution in [0.4, 0.5) is 11.4 Å². The van der Waals surface area contributed by atoms with E-state index >= 15 is 0 Å². The molecule has 29 heavy (non-hydrogen) atoms. The van der Waals surface area contributed by atoms with Gasteiger partial charge in [0.05, 0.1) is 41.3 Å². The maximum absolute atomic E-state index is 5.88. The van der Waals surface area contributed by atoms with E-state index in [2.05, 4.69) is 50.0 Å². The smallest absolute Gasteiger partial charge is 0.115 e. The molecule has 0 aliphatic carbocycles. The summed E-state index contributed by atoms with van der Waals surface area (Å²) in [4.78, 5) is 13.7. The number of rotatable bonds is 4. The molecular formula is C21H28N8. The van der Waals surface area contributed by atoms with E-state index in [0.717, 1.165) is 60.9 Å². The molecule has 1 saturated heterocycles. The average Bonchev–Trinajstić information content (AvgIpc) is 3.07. The first-order chi connectivity index (χ1) is 14.0.